The molecule has 0 radical (unpaired) electrons. The van der Waals surface area contributed by atoms with E-state index in [4.69, 9.17) is 10.9 Å². The van der Waals surface area contributed by atoms with E-state index in [0.717, 1.165) is 39.3 Å². The van der Waals surface area contributed by atoms with Crippen molar-refractivity contribution in [3.63, 3.8) is 0 Å². The van der Waals surface area contributed by atoms with Crippen LogP contribution in [0, 0.1) is 6.92 Å². The Morgan fingerprint density at radius 3 is 3.00 bits per heavy atom. The molecule has 1 aliphatic rings. The van der Waals surface area contributed by atoms with E-state index in [2.05, 4.69) is 20.3 Å². The number of aromatic nitrogens is 3. The van der Waals surface area contributed by atoms with Gasteiger partial charge in [0.25, 0.3) is 0 Å². The molecule has 0 saturated heterocycles. The monoisotopic (exact) mass is 307 g/mol. The Balaban J connectivity index is 2.03. The third-order valence-corrected chi connectivity index (χ3v) is 4.99. The molecule has 0 aliphatic heterocycles. The number of hydrogen-bond acceptors (Lipinski definition) is 7. The van der Waals surface area contributed by atoms with Crippen LogP contribution in [0.4, 0.5) is 0 Å². The van der Waals surface area contributed by atoms with Gasteiger partial charge in [0.05, 0.1) is 5.56 Å². The molecule has 0 unspecified atom stereocenters. The number of pyridine rings is 1. The average Bonchev–Trinajstić information content (AvgIpc) is 3.05. The molecular weight excluding hydrogens is 294 g/mol. The molecule has 104 valence electrons. The van der Waals surface area contributed by atoms with Crippen molar-refractivity contribution < 1.29 is 5.21 Å². The van der Waals surface area contributed by atoms with Crippen LogP contribution >= 0.6 is 23.1 Å². The number of rotatable bonds is 3. The highest BCUT2D eigenvalue weighted by Gasteiger charge is 2.20. The Morgan fingerprint density at radius 1 is 1.45 bits per heavy atom. The number of amidine groups is 1. The van der Waals surface area contributed by atoms with E-state index in [-0.39, 0.29) is 5.84 Å². The number of nitrogens with two attached hydrogens (primary N) is 1. The smallest absolute Gasteiger partial charge is 0.180 e. The minimum atomic E-state index is 0.0796. The van der Waals surface area contributed by atoms with E-state index in [9.17, 15) is 0 Å². The number of aryl methyl sites for hydroxylation is 3. The van der Waals surface area contributed by atoms with Gasteiger partial charge >= 0.3 is 0 Å². The van der Waals surface area contributed by atoms with E-state index in [1.807, 2.05) is 13.0 Å². The second kappa shape index (κ2) is 5.37. The molecule has 8 heteroatoms. The summed E-state index contributed by atoms with van der Waals surface area (Å²) in [5, 5.41) is 21.7. The molecule has 0 spiro atoms. The Kier molecular flexibility index (Phi) is 3.58. The second-order valence-electron chi connectivity index (χ2n) is 4.47. The van der Waals surface area contributed by atoms with Crippen LogP contribution in [-0.4, -0.2) is 26.2 Å². The quantitative estimate of drug-likeness (QED) is 0.389. The van der Waals surface area contributed by atoms with Gasteiger partial charge in [-0.05, 0) is 49.6 Å². The van der Waals surface area contributed by atoms with Crippen molar-refractivity contribution in [1.82, 2.24) is 15.2 Å². The summed E-state index contributed by atoms with van der Waals surface area (Å²) in [4.78, 5) is 4.66. The van der Waals surface area contributed by atoms with E-state index in [0.29, 0.717) is 5.56 Å². The first-order valence-corrected chi connectivity index (χ1v) is 7.79. The van der Waals surface area contributed by atoms with Crippen LogP contribution in [0.2, 0.25) is 0 Å². The van der Waals surface area contributed by atoms with Crippen molar-refractivity contribution >= 4 is 28.9 Å². The average molecular weight is 307 g/mol. The Labute approximate surface area is 124 Å². The Hall–Kier alpha value is -1.67. The van der Waals surface area contributed by atoms with Crippen LogP contribution in [0.1, 0.15) is 28.2 Å². The summed E-state index contributed by atoms with van der Waals surface area (Å²) in [5.41, 5.74) is 8.71. The van der Waals surface area contributed by atoms with E-state index >= 15 is 0 Å². The van der Waals surface area contributed by atoms with Crippen LogP contribution in [0.3, 0.4) is 0 Å². The van der Waals surface area contributed by atoms with Crippen molar-refractivity contribution in [3.05, 3.63) is 27.9 Å². The van der Waals surface area contributed by atoms with Crippen LogP contribution in [0.25, 0.3) is 0 Å². The zero-order valence-electron chi connectivity index (χ0n) is 10.8. The summed E-state index contributed by atoms with van der Waals surface area (Å²) in [6, 6.07) is 1.97. The van der Waals surface area contributed by atoms with Crippen molar-refractivity contribution in [2.45, 2.75) is 35.6 Å². The third kappa shape index (κ3) is 2.48. The molecule has 0 bridgehead atoms. The lowest BCUT2D eigenvalue weighted by molar-refractivity contribution is 0.318. The van der Waals surface area contributed by atoms with Crippen molar-refractivity contribution in [2.75, 3.05) is 0 Å². The summed E-state index contributed by atoms with van der Waals surface area (Å²) in [6.07, 6.45) is 3.08. The van der Waals surface area contributed by atoms with Crippen LogP contribution in [-0.2, 0) is 12.8 Å². The second-order valence-corrected chi connectivity index (χ2v) is 6.89. The topological polar surface area (TPSA) is 97.3 Å². The van der Waals surface area contributed by atoms with Gasteiger partial charge in [-0.2, -0.15) is 0 Å². The Bertz CT molecular complexity index is 682. The predicted octanol–water partition coefficient (Wildman–Crippen LogP) is 1.98. The number of hydrogen-bond donors (Lipinski definition) is 2. The molecule has 3 rings (SSSR count). The third-order valence-electron chi connectivity index (χ3n) is 3.09. The lowest BCUT2D eigenvalue weighted by Crippen LogP contribution is -2.16. The molecule has 0 aromatic carbocycles. The minimum Gasteiger partial charge on any atom is -0.409 e. The lowest BCUT2D eigenvalue weighted by Gasteiger charge is -2.08. The number of fused-ring (bicyclic) bond motifs is 1. The van der Waals surface area contributed by atoms with Crippen molar-refractivity contribution in [3.8, 4) is 0 Å². The maximum atomic E-state index is 8.93. The molecular formula is C12H13N5OS2. The summed E-state index contributed by atoms with van der Waals surface area (Å²) in [7, 11) is 0. The summed E-state index contributed by atoms with van der Waals surface area (Å²) < 4.78 is 0.805. The Morgan fingerprint density at radius 2 is 2.30 bits per heavy atom. The van der Waals surface area contributed by atoms with E-state index in [1.54, 1.807) is 0 Å². The van der Waals surface area contributed by atoms with Crippen LogP contribution < -0.4 is 5.73 Å². The summed E-state index contributed by atoms with van der Waals surface area (Å²) in [6.45, 7) is 1.91. The van der Waals surface area contributed by atoms with E-state index < -0.39 is 0 Å². The van der Waals surface area contributed by atoms with Gasteiger partial charge in [0.2, 0.25) is 0 Å². The first-order valence-electron chi connectivity index (χ1n) is 6.16. The molecule has 0 atom stereocenters. The standard InChI is InChI=1S/C12H13N5OS2/c1-6-15-16-12(19-6)20-11-8(10(13)17-18)5-7-3-2-4-9(7)14-11/h5,18H,2-4H2,1H3,(H2,13,17). The molecule has 3 N–H and O–H groups in total. The fourth-order valence-corrected chi connectivity index (χ4v) is 4.03. The highest BCUT2D eigenvalue weighted by molar-refractivity contribution is 8.01. The fourth-order valence-electron chi connectivity index (χ4n) is 2.17. The normalized spacial score (nSPS) is 14.6. The van der Waals surface area contributed by atoms with Crippen molar-refractivity contribution in [2.24, 2.45) is 10.9 Å². The number of oxime groups is 1. The van der Waals surface area contributed by atoms with Gasteiger partial charge in [0.1, 0.15) is 10.0 Å². The summed E-state index contributed by atoms with van der Waals surface area (Å²) in [5.74, 6) is 0.0796. The highest BCUT2D eigenvalue weighted by atomic mass is 32.2. The van der Waals surface area contributed by atoms with Crippen LogP contribution in [0.5, 0.6) is 0 Å². The van der Waals surface area contributed by atoms with E-state index in [1.165, 1.54) is 28.7 Å². The maximum absolute atomic E-state index is 8.93. The predicted molar refractivity (Wildman–Crippen MR) is 77.5 cm³/mol. The lowest BCUT2D eigenvalue weighted by atomic mass is 10.1. The van der Waals surface area contributed by atoms with Gasteiger partial charge in [0.15, 0.2) is 10.2 Å². The first-order chi connectivity index (χ1) is 9.67. The van der Waals surface area contributed by atoms with Gasteiger partial charge < -0.3 is 10.9 Å². The molecule has 2 aromatic heterocycles. The van der Waals surface area contributed by atoms with Crippen molar-refractivity contribution in [1.29, 1.82) is 0 Å². The van der Waals surface area contributed by atoms with Gasteiger partial charge in [-0.25, -0.2) is 4.98 Å². The maximum Gasteiger partial charge on any atom is 0.180 e. The first kappa shape index (κ1) is 13.3. The molecule has 0 fully saturated rings. The molecule has 2 heterocycles. The molecule has 6 nitrogen and oxygen atoms in total. The largest absolute Gasteiger partial charge is 0.409 e. The van der Waals surface area contributed by atoms with Gasteiger partial charge in [-0.3, -0.25) is 0 Å². The summed E-state index contributed by atoms with van der Waals surface area (Å²) >= 11 is 2.91. The number of nitrogens with zero attached hydrogens (tertiary/aromatic N) is 4. The zero-order chi connectivity index (χ0) is 14.1. The highest BCUT2D eigenvalue weighted by Crippen LogP contribution is 2.33. The fraction of sp³-hybridized carbons (Fsp3) is 0.333. The molecule has 1 aliphatic carbocycles. The SMILES string of the molecule is Cc1nnc(Sc2nc3c(cc2C(N)=NO)CCC3)s1. The molecule has 0 saturated carbocycles. The van der Waals surface area contributed by atoms with Crippen LogP contribution in [0.15, 0.2) is 20.6 Å². The zero-order valence-corrected chi connectivity index (χ0v) is 12.5. The van der Waals surface area contributed by atoms with Gasteiger partial charge in [-0.1, -0.05) is 16.5 Å². The molecule has 2 aromatic rings. The van der Waals surface area contributed by atoms with Gasteiger partial charge in [0, 0.05) is 5.69 Å². The van der Waals surface area contributed by atoms with Gasteiger partial charge in [-0.15, -0.1) is 10.2 Å². The molecule has 0 amide bonds. The molecule has 20 heavy (non-hydrogen) atoms. The minimum absolute atomic E-state index is 0.0796.